The molecule has 0 aliphatic heterocycles. The summed E-state index contributed by atoms with van der Waals surface area (Å²) in [6, 6.07) is 3.17. The van der Waals surface area contributed by atoms with E-state index in [4.69, 9.17) is 4.42 Å². The Morgan fingerprint density at radius 3 is 2.50 bits per heavy atom. The van der Waals surface area contributed by atoms with Crippen molar-refractivity contribution in [2.75, 3.05) is 13.6 Å². The summed E-state index contributed by atoms with van der Waals surface area (Å²) in [6.45, 7) is 12.4. The zero-order valence-electron chi connectivity index (χ0n) is 12.9. The Labute approximate surface area is 121 Å². The third-order valence-electron chi connectivity index (χ3n) is 2.59. The molecule has 0 aliphatic rings. The maximum Gasteiger partial charge on any atom is 0.276 e. The lowest BCUT2D eigenvalue weighted by Crippen LogP contribution is -2.34. The standard InChI is InChI=1S/C14H24N2O3S/c1-11(2)10-16(6)20(17,18)13-8-7-12(19-13)9-15-14(3,4)5/h7-8,15H,1,9-10H2,2-6H3. The van der Waals surface area contributed by atoms with Crippen LogP contribution in [0.25, 0.3) is 0 Å². The lowest BCUT2D eigenvalue weighted by Gasteiger charge is -2.19. The Bertz CT molecular complexity index is 567. The first-order valence-corrected chi connectivity index (χ1v) is 7.91. The summed E-state index contributed by atoms with van der Waals surface area (Å²) in [5.74, 6) is 0.599. The van der Waals surface area contributed by atoms with Gasteiger partial charge in [-0.2, -0.15) is 4.31 Å². The molecular formula is C14H24N2O3S. The Kier molecular flexibility index (Phi) is 5.18. The van der Waals surface area contributed by atoms with Gasteiger partial charge in [0.1, 0.15) is 5.76 Å². The Balaban J connectivity index is 2.83. The van der Waals surface area contributed by atoms with Gasteiger partial charge in [0.2, 0.25) is 5.09 Å². The molecule has 114 valence electrons. The Hall–Kier alpha value is -1.11. The zero-order chi connectivity index (χ0) is 15.6. The first kappa shape index (κ1) is 16.9. The third kappa shape index (κ3) is 4.77. The molecule has 6 heteroatoms. The van der Waals surface area contributed by atoms with E-state index >= 15 is 0 Å². The first-order valence-electron chi connectivity index (χ1n) is 6.47. The van der Waals surface area contributed by atoms with Crippen LogP contribution in [-0.2, 0) is 16.6 Å². The molecule has 1 aromatic heterocycles. The number of likely N-dealkylation sites (N-methyl/N-ethyl adjacent to an activating group) is 1. The van der Waals surface area contributed by atoms with Crippen molar-refractivity contribution in [3.8, 4) is 0 Å². The van der Waals surface area contributed by atoms with Crippen LogP contribution in [0.5, 0.6) is 0 Å². The van der Waals surface area contributed by atoms with Crippen LogP contribution in [0.4, 0.5) is 0 Å². The number of furan rings is 1. The van der Waals surface area contributed by atoms with Gasteiger partial charge in [-0.3, -0.25) is 0 Å². The highest BCUT2D eigenvalue weighted by Crippen LogP contribution is 2.19. The van der Waals surface area contributed by atoms with E-state index in [9.17, 15) is 8.42 Å². The van der Waals surface area contributed by atoms with Gasteiger partial charge in [0.05, 0.1) is 6.54 Å². The van der Waals surface area contributed by atoms with Crippen LogP contribution in [0, 0.1) is 0 Å². The molecule has 0 bridgehead atoms. The number of hydrogen-bond acceptors (Lipinski definition) is 4. The van der Waals surface area contributed by atoms with Gasteiger partial charge in [-0.15, -0.1) is 0 Å². The largest absolute Gasteiger partial charge is 0.447 e. The summed E-state index contributed by atoms with van der Waals surface area (Å²) >= 11 is 0. The molecule has 0 unspecified atom stereocenters. The maximum atomic E-state index is 12.3. The highest BCUT2D eigenvalue weighted by molar-refractivity contribution is 7.89. The van der Waals surface area contributed by atoms with Gasteiger partial charge in [-0.25, -0.2) is 8.42 Å². The molecule has 5 nitrogen and oxygen atoms in total. The fourth-order valence-corrected chi connectivity index (χ4v) is 2.71. The molecule has 1 rings (SSSR count). The molecule has 0 saturated carbocycles. The van der Waals surface area contributed by atoms with E-state index in [-0.39, 0.29) is 17.2 Å². The number of rotatable bonds is 6. The van der Waals surface area contributed by atoms with E-state index in [0.29, 0.717) is 12.3 Å². The second kappa shape index (κ2) is 6.11. The topological polar surface area (TPSA) is 62.6 Å². The van der Waals surface area contributed by atoms with Crippen molar-refractivity contribution in [2.24, 2.45) is 0 Å². The molecule has 0 atom stereocenters. The van der Waals surface area contributed by atoms with Crippen molar-refractivity contribution in [2.45, 2.75) is 44.9 Å². The third-order valence-corrected chi connectivity index (χ3v) is 4.26. The SMILES string of the molecule is C=C(C)CN(C)S(=O)(=O)c1ccc(CNC(C)(C)C)o1. The molecule has 0 aliphatic carbocycles. The predicted molar refractivity (Wildman–Crippen MR) is 79.9 cm³/mol. The second-order valence-corrected chi connectivity index (χ2v) is 8.02. The summed E-state index contributed by atoms with van der Waals surface area (Å²) in [5.41, 5.74) is 0.722. The molecule has 0 aromatic carbocycles. The van der Waals surface area contributed by atoms with E-state index in [1.165, 1.54) is 17.4 Å². The van der Waals surface area contributed by atoms with Crippen LogP contribution in [0.2, 0.25) is 0 Å². The van der Waals surface area contributed by atoms with Gasteiger partial charge >= 0.3 is 0 Å². The highest BCUT2D eigenvalue weighted by atomic mass is 32.2. The molecule has 0 saturated heterocycles. The fraction of sp³-hybridized carbons (Fsp3) is 0.571. The summed E-state index contributed by atoms with van der Waals surface area (Å²) in [5, 5.41) is 3.21. The number of hydrogen-bond donors (Lipinski definition) is 1. The first-order chi connectivity index (χ1) is 9.02. The summed E-state index contributed by atoms with van der Waals surface area (Å²) in [4.78, 5) is 0. The Morgan fingerprint density at radius 1 is 1.40 bits per heavy atom. The van der Waals surface area contributed by atoms with Gasteiger partial charge < -0.3 is 9.73 Å². The van der Waals surface area contributed by atoms with Gasteiger partial charge in [0.15, 0.2) is 0 Å². The van der Waals surface area contributed by atoms with Crippen LogP contribution >= 0.6 is 0 Å². The van der Waals surface area contributed by atoms with Crippen LogP contribution < -0.4 is 5.32 Å². The summed E-state index contributed by atoms with van der Waals surface area (Å²) < 4.78 is 31.2. The second-order valence-electron chi connectivity index (χ2n) is 6.04. The van der Waals surface area contributed by atoms with Crippen molar-refractivity contribution in [1.82, 2.24) is 9.62 Å². The average molecular weight is 300 g/mol. The normalized spacial score (nSPS) is 12.9. The van der Waals surface area contributed by atoms with Crippen LogP contribution in [0.3, 0.4) is 0 Å². The summed E-state index contributed by atoms with van der Waals surface area (Å²) in [7, 11) is -2.08. The molecule has 20 heavy (non-hydrogen) atoms. The molecular weight excluding hydrogens is 276 g/mol. The van der Waals surface area contributed by atoms with Crippen LogP contribution in [0.1, 0.15) is 33.5 Å². The van der Waals surface area contributed by atoms with Crippen LogP contribution in [-0.4, -0.2) is 31.9 Å². The quantitative estimate of drug-likeness (QED) is 0.819. The predicted octanol–water partition coefficient (Wildman–Crippen LogP) is 2.36. The van der Waals surface area contributed by atoms with E-state index < -0.39 is 10.0 Å². The molecule has 1 aromatic rings. The smallest absolute Gasteiger partial charge is 0.276 e. The minimum absolute atomic E-state index is 0.0352. The van der Waals surface area contributed by atoms with Crippen molar-refractivity contribution in [3.05, 3.63) is 30.0 Å². The Morgan fingerprint density at radius 2 is 2.00 bits per heavy atom. The van der Waals surface area contributed by atoms with E-state index in [0.717, 1.165) is 5.57 Å². The monoisotopic (exact) mass is 300 g/mol. The number of sulfonamides is 1. The molecule has 0 radical (unpaired) electrons. The zero-order valence-corrected chi connectivity index (χ0v) is 13.7. The maximum absolute atomic E-state index is 12.3. The average Bonchev–Trinajstić information content (AvgIpc) is 2.73. The lowest BCUT2D eigenvalue weighted by molar-refractivity contribution is 0.353. The fourth-order valence-electron chi connectivity index (χ4n) is 1.56. The number of nitrogens with one attached hydrogen (secondary N) is 1. The summed E-state index contributed by atoms with van der Waals surface area (Å²) in [6.07, 6.45) is 0. The highest BCUT2D eigenvalue weighted by Gasteiger charge is 2.24. The molecule has 0 amide bonds. The van der Waals surface area contributed by atoms with E-state index in [1.807, 2.05) is 20.8 Å². The molecule has 1 N–H and O–H groups in total. The molecule has 0 fully saturated rings. The van der Waals surface area contributed by atoms with Gasteiger partial charge in [0, 0.05) is 19.1 Å². The molecule has 1 heterocycles. The number of nitrogens with zero attached hydrogens (tertiary/aromatic N) is 1. The lowest BCUT2D eigenvalue weighted by atomic mass is 10.1. The minimum atomic E-state index is -3.59. The van der Waals surface area contributed by atoms with Gasteiger partial charge in [0.25, 0.3) is 10.0 Å². The minimum Gasteiger partial charge on any atom is -0.447 e. The van der Waals surface area contributed by atoms with Crippen molar-refractivity contribution >= 4 is 10.0 Å². The van der Waals surface area contributed by atoms with Gasteiger partial charge in [-0.05, 0) is 39.8 Å². The van der Waals surface area contributed by atoms with E-state index in [2.05, 4.69) is 11.9 Å². The van der Waals surface area contributed by atoms with Crippen molar-refractivity contribution in [3.63, 3.8) is 0 Å². The van der Waals surface area contributed by atoms with Gasteiger partial charge in [-0.1, -0.05) is 12.2 Å². The molecule has 0 spiro atoms. The van der Waals surface area contributed by atoms with Crippen molar-refractivity contribution in [1.29, 1.82) is 0 Å². The van der Waals surface area contributed by atoms with Crippen molar-refractivity contribution < 1.29 is 12.8 Å². The van der Waals surface area contributed by atoms with Crippen LogP contribution in [0.15, 0.2) is 33.8 Å². The van der Waals surface area contributed by atoms with E-state index in [1.54, 1.807) is 13.0 Å².